The number of aldehydes is 1. The molecule has 0 unspecified atom stereocenters. The van der Waals surface area contributed by atoms with Crippen molar-refractivity contribution in [2.75, 3.05) is 0 Å². The Balaban J connectivity index is 2.32. The summed E-state index contributed by atoms with van der Waals surface area (Å²) in [4.78, 5) is 11.1. The fourth-order valence-electron chi connectivity index (χ4n) is 2.33. The minimum atomic E-state index is 0.786. The van der Waals surface area contributed by atoms with Gasteiger partial charge in [-0.3, -0.25) is 4.79 Å². The molecule has 0 heterocycles. The van der Waals surface area contributed by atoms with Crippen LogP contribution in [0.2, 0.25) is 0 Å². The lowest BCUT2D eigenvalue weighted by molar-refractivity contribution is 0.112. The average molecular weight is 273 g/mol. The molecule has 16 heavy (non-hydrogen) atoms. The molecule has 2 aromatic carbocycles. The zero-order chi connectivity index (χ0) is 11.1. The molecule has 2 heteroatoms. The minimum Gasteiger partial charge on any atom is -0.298 e. The van der Waals surface area contributed by atoms with Gasteiger partial charge in [-0.2, -0.15) is 0 Å². The summed E-state index contributed by atoms with van der Waals surface area (Å²) >= 11 is 3.42. The molecule has 1 nitrogen and oxygen atoms in total. The molecule has 0 fully saturated rings. The van der Waals surface area contributed by atoms with Crippen molar-refractivity contribution in [1.82, 2.24) is 0 Å². The number of benzene rings is 2. The fraction of sp³-hybridized carbons (Fsp3) is 0.0714. The van der Waals surface area contributed by atoms with Crippen LogP contribution < -0.4 is 0 Å². The molecule has 2 aromatic rings. The molecular weight excluding hydrogens is 264 g/mol. The van der Waals surface area contributed by atoms with E-state index < -0.39 is 0 Å². The van der Waals surface area contributed by atoms with Gasteiger partial charge in [0.05, 0.1) is 0 Å². The van der Waals surface area contributed by atoms with Crippen molar-refractivity contribution in [2.45, 2.75) is 6.42 Å². The van der Waals surface area contributed by atoms with Crippen LogP contribution >= 0.6 is 15.9 Å². The summed E-state index contributed by atoms with van der Waals surface area (Å²) in [5.74, 6) is 0. The Bertz CT molecular complexity index is 587. The lowest BCUT2D eigenvalue weighted by Gasteiger charge is -2.04. The third-order valence-electron chi connectivity index (χ3n) is 3.10. The number of hydrogen-bond acceptors (Lipinski definition) is 1. The predicted octanol–water partition coefficient (Wildman–Crippen LogP) is 3.83. The third kappa shape index (κ3) is 1.26. The number of hydrogen-bond donors (Lipinski definition) is 0. The van der Waals surface area contributed by atoms with E-state index in [1.165, 1.54) is 16.7 Å². The van der Waals surface area contributed by atoms with E-state index in [4.69, 9.17) is 0 Å². The van der Waals surface area contributed by atoms with Crippen LogP contribution in [-0.2, 0) is 6.42 Å². The van der Waals surface area contributed by atoms with Crippen molar-refractivity contribution in [3.05, 3.63) is 57.6 Å². The second-order valence-corrected chi connectivity index (χ2v) is 4.79. The summed E-state index contributed by atoms with van der Waals surface area (Å²) < 4.78 is 0.883. The lowest BCUT2D eigenvalue weighted by atomic mass is 10.0. The van der Waals surface area contributed by atoms with Gasteiger partial charge in [0, 0.05) is 10.0 Å². The first-order valence-corrected chi connectivity index (χ1v) is 5.95. The molecule has 1 aliphatic rings. The van der Waals surface area contributed by atoms with E-state index in [0.29, 0.717) is 0 Å². The maximum Gasteiger partial charge on any atom is 0.151 e. The van der Waals surface area contributed by atoms with Gasteiger partial charge in [0.15, 0.2) is 6.29 Å². The molecular formula is C14H9BrO. The van der Waals surface area contributed by atoms with E-state index >= 15 is 0 Å². The zero-order valence-corrected chi connectivity index (χ0v) is 10.1. The van der Waals surface area contributed by atoms with Crippen LogP contribution in [0, 0.1) is 0 Å². The first-order valence-electron chi connectivity index (χ1n) is 5.16. The number of fused-ring (bicyclic) bond motifs is 3. The van der Waals surface area contributed by atoms with Crippen molar-refractivity contribution < 1.29 is 4.79 Å². The smallest absolute Gasteiger partial charge is 0.151 e. The van der Waals surface area contributed by atoms with Crippen molar-refractivity contribution in [1.29, 1.82) is 0 Å². The van der Waals surface area contributed by atoms with Crippen LogP contribution in [0.5, 0.6) is 0 Å². The van der Waals surface area contributed by atoms with Crippen LogP contribution in [0.1, 0.15) is 21.5 Å². The van der Waals surface area contributed by atoms with Crippen molar-refractivity contribution in [2.24, 2.45) is 0 Å². The molecule has 0 radical (unpaired) electrons. The Morgan fingerprint density at radius 2 is 1.88 bits per heavy atom. The zero-order valence-electron chi connectivity index (χ0n) is 8.53. The van der Waals surface area contributed by atoms with Gasteiger partial charge in [-0.1, -0.05) is 46.3 Å². The fourth-order valence-corrected chi connectivity index (χ4v) is 2.80. The summed E-state index contributed by atoms with van der Waals surface area (Å²) in [5.41, 5.74) is 5.69. The number of halogens is 1. The van der Waals surface area contributed by atoms with Crippen LogP contribution in [-0.4, -0.2) is 6.29 Å². The van der Waals surface area contributed by atoms with Crippen LogP contribution in [0.15, 0.2) is 40.9 Å². The summed E-state index contributed by atoms with van der Waals surface area (Å²) in [6.45, 7) is 0. The standard InChI is InChI=1S/C14H9BrO/c15-14-6-5-11-10-4-2-1-3-9(10)7-12(11)13(14)8-16/h1-6,8H,7H2. The molecule has 78 valence electrons. The molecule has 0 saturated heterocycles. The van der Waals surface area contributed by atoms with E-state index in [0.717, 1.165) is 28.3 Å². The summed E-state index contributed by atoms with van der Waals surface area (Å²) in [6.07, 6.45) is 1.80. The Labute approximate surface area is 102 Å². The number of carbonyl (C=O) groups excluding carboxylic acids is 1. The van der Waals surface area contributed by atoms with Crippen molar-refractivity contribution >= 4 is 22.2 Å². The quantitative estimate of drug-likeness (QED) is 0.616. The molecule has 3 rings (SSSR count). The van der Waals surface area contributed by atoms with E-state index in [1.54, 1.807) is 0 Å². The van der Waals surface area contributed by atoms with Gasteiger partial charge in [-0.05, 0) is 34.7 Å². The van der Waals surface area contributed by atoms with Crippen LogP contribution in [0.3, 0.4) is 0 Å². The minimum absolute atomic E-state index is 0.786. The van der Waals surface area contributed by atoms with Gasteiger partial charge in [-0.25, -0.2) is 0 Å². The molecule has 0 bridgehead atoms. The highest BCUT2D eigenvalue weighted by Gasteiger charge is 2.21. The Hall–Kier alpha value is -1.41. The highest BCUT2D eigenvalue weighted by molar-refractivity contribution is 9.10. The van der Waals surface area contributed by atoms with E-state index in [1.807, 2.05) is 18.2 Å². The summed E-state index contributed by atoms with van der Waals surface area (Å²) in [6, 6.07) is 12.3. The first-order chi connectivity index (χ1) is 7.81. The molecule has 0 saturated carbocycles. The molecule has 0 atom stereocenters. The monoisotopic (exact) mass is 272 g/mol. The van der Waals surface area contributed by atoms with Gasteiger partial charge in [0.1, 0.15) is 0 Å². The van der Waals surface area contributed by atoms with E-state index in [2.05, 4.69) is 34.1 Å². The molecule has 0 aromatic heterocycles. The molecule has 1 aliphatic carbocycles. The highest BCUT2D eigenvalue weighted by Crippen LogP contribution is 2.39. The van der Waals surface area contributed by atoms with E-state index in [9.17, 15) is 4.79 Å². The Kier molecular flexibility index (Phi) is 2.18. The second-order valence-electron chi connectivity index (χ2n) is 3.94. The number of rotatable bonds is 1. The van der Waals surface area contributed by atoms with Gasteiger partial charge in [-0.15, -0.1) is 0 Å². The Morgan fingerprint density at radius 3 is 2.69 bits per heavy atom. The van der Waals surface area contributed by atoms with Gasteiger partial charge >= 0.3 is 0 Å². The van der Waals surface area contributed by atoms with Crippen molar-refractivity contribution in [3.8, 4) is 11.1 Å². The molecule has 0 spiro atoms. The summed E-state index contributed by atoms with van der Waals surface area (Å²) in [7, 11) is 0. The maximum absolute atomic E-state index is 11.1. The van der Waals surface area contributed by atoms with Gasteiger partial charge in [0.25, 0.3) is 0 Å². The topological polar surface area (TPSA) is 17.1 Å². The molecule has 0 amide bonds. The number of carbonyl (C=O) groups is 1. The average Bonchev–Trinajstić information content (AvgIpc) is 2.67. The SMILES string of the molecule is O=Cc1c(Br)ccc2c1Cc1ccccc1-2. The van der Waals surface area contributed by atoms with Crippen LogP contribution in [0.25, 0.3) is 11.1 Å². The van der Waals surface area contributed by atoms with Gasteiger partial charge in [0.2, 0.25) is 0 Å². The normalized spacial score (nSPS) is 12.1. The third-order valence-corrected chi connectivity index (χ3v) is 3.79. The lowest BCUT2D eigenvalue weighted by Crippen LogP contribution is -1.92. The highest BCUT2D eigenvalue weighted by atomic mass is 79.9. The predicted molar refractivity (Wildman–Crippen MR) is 67.8 cm³/mol. The largest absolute Gasteiger partial charge is 0.298 e. The van der Waals surface area contributed by atoms with E-state index in [-0.39, 0.29) is 0 Å². The molecule has 0 N–H and O–H groups in total. The summed E-state index contributed by atoms with van der Waals surface area (Å²) in [5, 5.41) is 0. The maximum atomic E-state index is 11.1. The Morgan fingerprint density at radius 1 is 1.06 bits per heavy atom. The second kappa shape index (κ2) is 3.56. The molecule has 0 aliphatic heterocycles. The van der Waals surface area contributed by atoms with Crippen molar-refractivity contribution in [3.63, 3.8) is 0 Å². The van der Waals surface area contributed by atoms with Gasteiger partial charge < -0.3 is 0 Å². The van der Waals surface area contributed by atoms with Crippen LogP contribution in [0.4, 0.5) is 0 Å². The first kappa shape index (κ1) is 9.79.